The van der Waals surface area contributed by atoms with Gasteiger partial charge < -0.3 is 9.64 Å². The SMILES string of the molecule is CC(C)S(=O)(=O)Nc1ccc2c(c1)OCC(C)(C)C(=O)N2C. The minimum absolute atomic E-state index is 0.0400. The number of hydrogen-bond acceptors (Lipinski definition) is 4. The number of nitrogens with zero attached hydrogens (tertiary/aromatic N) is 1. The Labute approximate surface area is 131 Å². The summed E-state index contributed by atoms with van der Waals surface area (Å²) in [6.07, 6.45) is 0. The molecule has 1 aliphatic heterocycles. The van der Waals surface area contributed by atoms with E-state index in [0.29, 0.717) is 17.1 Å². The number of benzene rings is 1. The molecule has 0 aromatic heterocycles. The first kappa shape index (κ1) is 16.6. The van der Waals surface area contributed by atoms with Crippen molar-refractivity contribution in [1.29, 1.82) is 0 Å². The molecule has 6 nitrogen and oxygen atoms in total. The smallest absolute Gasteiger partial charge is 0.235 e. The minimum Gasteiger partial charge on any atom is -0.490 e. The minimum atomic E-state index is -3.42. The highest BCUT2D eigenvalue weighted by Crippen LogP contribution is 2.37. The second kappa shape index (κ2) is 5.46. The van der Waals surface area contributed by atoms with E-state index < -0.39 is 20.7 Å². The van der Waals surface area contributed by atoms with Gasteiger partial charge in [0.25, 0.3) is 0 Å². The largest absolute Gasteiger partial charge is 0.490 e. The summed E-state index contributed by atoms with van der Waals surface area (Å²) in [5.41, 5.74) is 0.418. The molecule has 0 fully saturated rings. The first-order valence-electron chi connectivity index (χ1n) is 7.11. The van der Waals surface area contributed by atoms with E-state index in [9.17, 15) is 13.2 Å². The second-order valence-electron chi connectivity index (χ2n) is 6.42. The van der Waals surface area contributed by atoms with Crippen LogP contribution in [0.1, 0.15) is 27.7 Å². The summed E-state index contributed by atoms with van der Waals surface area (Å²) in [5, 5.41) is -0.532. The molecule has 1 N–H and O–H groups in total. The molecule has 7 heteroatoms. The number of carbonyl (C=O) groups is 1. The predicted octanol–water partition coefficient (Wildman–Crippen LogP) is 2.22. The number of hydrogen-bond donors (Lipinski definition) is 1. The molecule has 0 aliphatic carbocycles. The van der Waals surface area contributed by atoms with Gasteiger partial charge in [0.15, 0.2) is 0 Å². The molecule has 0 saturated heterocycles. The summed E-state index contributed by atoms with van der Waals surface area (Å²) in [6, 6.07) is 4.93. The van der Waals surface area contributed by atoms with Gasteiger partial charge in [-0.15, -0.1) is 0 Å². The average molecular weight is 326 g/mol. The lowest BCUT2D eigenvalue weighted by molar-refractivity contribution is -0.127. The van der Waals surface area contributed by atoms with E-state index in [0.717, 1.165) is 0 Å². The summed E-state index contributed by atoms with van der Waals surface area (Å²) in [5.74, 6) is 0.451. The number of nitrogens with one attached hydrogen (secondary N) is 1. The van der Waals surface area contributed by atoms with Gasteiger partial charge in [-0.3, -0.25) is 9.52 Å². The van der Waals surface area contributed by atoms with E-state index in [4.69, 9.17) is 4.74 Å². The van der Waals surface area contributed by atoms with E-state index in [-0.39, 0.29) is 12.5 Å². The van der Waals surface area contributed by atoms with Gasteiger partial charge >= 0.3 is 0 Å². The van der Waals surface area contributed by atoms with E-state index in [1.165, 1.54) is 0 Å². The van der Waals surface area contributed by atoms with Crippen molar-refractivity contribution in [2.45, 2.75) is 32.9 Å². The Kier molecular flexibility index (Phi) is 4.12. The first-order chi connectivity index (χ1) is 10.0. The summed E-state index contributed by atoms with van der Waals surface area (Å²) in [4.78, 5) is 13.9. The van der Waals surface area contributed by atoms with Crippen LogP contribution in [0.2, 0.25) is 0 Å². The van der Waals surface area contributed by atoms with Crippen LogP contribution in [0.3, 0.4) is 0 Å². The maximum Gasteiger partial charge on any atom is 0.235 e. The highest BCUT2D eigenvalue weighted by atomic mass is 32.2. The Balaban J connectivity index is 2.38. The number of anilines is 2. The first-order valence-corrected chi connectivity index (χ1v) is 8.66. The van der Waals surface area contributed by atoms with E-state index >= 15 is 0 Å². The average Bonchev–Trinajstić information content (AvgIpc) is 2.50. The van der Waals surface area contributed by atoms with Gasteiger partial charge in [-0.2, -0.15) is 0 Å². The zero-order valence-corrected chi connectivity index (χ0v) is 14.3. The lowest BCUT2D eigenvalue weighted by Gasteiger charge is -2.24. The monoisotopic (exact) mass is 326 g/mol. The van der Waals surface area contributed by atoms with Crippen molar-refractivity contribution in [2.24, 2.45) is 5.41 Å². The van der Waals surface area contributed by atoms with Crippen LogP contribution in [0.5, 0.6) is 5.75 Å². The van der Waals surface area contributed by atoms with Crippen LogP contribution in [-0.4, -0.2) is 33.2 Å². The van der Waals surface area contributed by atoms with Crippen LogP contribution in [0.4, 0.5) is 11.4 Å². The van der Waals surface area contributed by atoms with Crippen LogP contribution in [0.25, 0.3) is 0 Å². The molecule has 0 atom stereocenters. The molecular weight excluding hydrogens is 304 g/mol. The van der Waals surface area contributed by atoms with Crippen molar-refractivity contribution in [1.82, 2.24) is 0 Å². The Morgan fingerprint density at radius 3 is 2.55 bits per heavy atom. The van der Waals surface area contributed by atoms with Gasteiger partial charge in [-0.25, -0.2) is 8.42 Å². The van der Waals surface area contributed by atoms with E-state index in [1.54, 1.807) is 44.0 Å². The molecule has 0 spiro atoms. The highest BCUT2D eigenvalue weighted by molar-refractivity contribution is 7.93. The van der Waals surface area contributed by atoms with Gasteiger partial charge in [-0.1, -0.05) is 0 Å². The van der Waals surface area contributed by atoms with Gasteiger partial charge in [0.1, 0.15) is 12.4 Å². The molecule has 0 radical (unpaired) electrons. The third kappa shape index (κ3) is 3.04. The molecule has 1 aromatic carbocycles. The third-order valence-electron chi connectivity index (χ3n) is 3.67. The number of rotatable bonds is 3. The van der Waals surface area contributed by atoms with Crippen molar-refractivity contribution < 1.29 is 17.9 Å². The third-order valence-corrected chi connectivity index (χ3v) is 5.44. The predicted molar refractivity (Wildman–Crippen MR) is 86.8 cm³/mol. The topological polar surface area (TPSA) is 75.7 Å². The van der Waals surface area contributed by atoms with Gasteiger partial charge in [0.2, 0.25) is 15.9 Å². The molecule has 22 heavy (non-hydrogen) atoms. The van der Waals surface area contributed by atoms with Crippen LogP contribution in [0.15, 0.2) is 18.2 Å². The fourth-order valence-electron chi connectivity index (χ4n) is 2.14. The van der Waals surface area contributed by atoms with E-state index in [1.807, 2.05) is 13.8 Å². The second-order valence-corrected chi connectivity index (χ2v) is 8.65. The number of amides is 1. The van der Waals surface area contributed by atoms with Gasteiger partial charge in [0.05, 0.1) is 22.0 Å². The fraction of sp³-hybridized carbons (Fsp3) is 0.533. The Bertz CT molecular complexity index is 695. The van der Waals surface area contributed by atoms with Crippen molar-refractivity contribution >= 4 is 27.3 Å². The Morgan fingerprint density at radius 2 is 1.95 bits per heavy atom. The number of carbonyl (C=O) groups excluding carboxylic acids is 1. The number of sulfonamides is 1. The number of fused-ring (bicyclic) bond motifs is 1. The summed E-state index contributed by atoms with van der Waals surface area (Å²) in [7, 11) is -1.73. The normalized spacial score (nSPS) is 17.7. The lowest BCUT2D eigenvalue weighted by atomic mass is 9.93. The summed E-state index contributed by atoms with van der Waals surface area (Å²) in [6.45, 7) is 7.10. The quantitative estimate of drug-likeness (QED) is 0.924. The lowest BCUT2D eigenvalue weighted by Crippen LogP contribution is -2.39. The van der Waals surface area contributed by atoms with Crippen molar-refractivity contribution in [3.8, 4) is 5.75 Å². The zero-order valence-electron chi connectivity index (χ0n) is 13.5. The zero-order chi connectivity index (χ0) is 16.7. The molecular formula is C15H22N2O4S. The fourth-order valence-corrected chi connectivity index (χ4v) is 2.83. The standard InChI is InChI=1S/C15H22N2O4S/c1-10(2)22(19,20)16-11-6-7-12-13(8-11)21-9-15(3,4)14(18)17(12)5/h6-8,10,16H,9H2,1-5H3. The summed E-state index contributed by atoms with van der Waals surface area (Å²) >= 11 is 0. The van der Waals surface area contributed by atoms with Crippen LogP contribution >= 0.6 is 0 Å². The van der Waals surface area contributed by atoms with Crippen molar-refractivity contribution in [3.05, 3.63) is 18.2 Å². The Morgan fingerprint density at radius 1 is 1.32 bits per heavy atom. The molecule has 1 aromatic rings. The van der Waals surface area contributed by atoms with Crippen molar-refractivity contribution in [2.75, 3.05) is 23.3 Å². The molecule has 2 rings (SSSR count). The van der Waals surface area contributed by atoms with E-state index in [2.05, 4.69) is 4.72 Å². The van der Waals surface area contributed by atoms with Gasteiger partial charge in [-0.05, 0) is 39.8 Å². The molecule has 0 bridgehead atoms. The molecule has 0 unspecified atom stereocenters. The number of ether oxygens (including phenoxy) is 1. The maximum absolute atomic E-state index is 12.4. The van der Waals surface area contributed by atoms with Crippen LogP contribution in [-0.2, 0) is 14.8 Å². The van der Waals surface area contributed by atoms with Crippen LogP contribution in [0, 0.1) is 5.41 Å². The molecule has 1 aliphatic rings. The Hall–Kier alpha value is -1.76. The maximum atomic E-state index is 12.4. The highest BCUT2D eigenvalue weighted by Gasteiger charge is 2.36. The van der Waals surface area contributed by atoms with Gasteiger partial charge in [0, 0.05) is 13.1 Å². The molecule has 1 heterocycles. The summed E-state index contributed by atoms with van der Waals surface area (Å²) < 4.78 is 32.1. The molecule has 1 amide bonds. The molecule has 0 saturated carbocycles. The molecule has 122 valence electrons. The van der Waals surface area contributed by atoms with Crippen LogP contribution < -0.4 is 14.4 Å². The van der Waals surface area contributed by atoms with Crippen molar-refractivity contribution in [3.63, 3.8) is 0 Å².